The predicted molar refractivity (Wildman–Crippen MR) is 102 cm³/mol. The van der Waals surface area contributed by atoms with E-state index in [4.69, 9.17) is 4.98 Å². The number of aromatic amines is 1. The first-order chi connectivity index (χ1) is 12.7. The molecule has 1 saturated heterocycles. The SMILES string of the molecule is CC1CC(c2ncc3nccc-3[nH]2)CC(C23CC4CC(CC(C4)C2)C3)N1. The minimum absolute atomic E-state index is 0.545. The van der Waals surface area contributed by atoms with Crippen LogP contribution in [0.25, 0.3) is 11.4 Å². The van der Waals surface area contributed by atoms with E-state index in [1.165, 1.54) is 57.2 Å². The second-order valence-corrected chi connectivity index (χ2v) is 10.1. The van der Waals surface area contributed by atoms with Crippen molar-refractivity contribution >= 4 is 0 Å². The molecule has 3 atom stereocenters. The summed E-state index contributed by atoms with van der Waals surface area (Å²) in [5.74, 6) is 4.79. The Morgan fingerprint density at radius 2 is 1.69 bits per heavy atom. The van der Waals surface area contributed by atoms with Crippen molar-refractivity contribution in [1.82, 2.24) is 20.3 Å². The summed E-state index contributed by atoms with van der Waals surface area (Å²) in [5.41, 5.74) is 2.69. The van der Waals surface area contributed by atoms with Crippen molar-refractivity contribution in [2.45, 2.75) is 76.3 Å². The zero-order chi connectivity index (χ0) is 17.3. The highest BCUT2D eigenvalue weighted by molar-refractivity contribution is 5.54. The van der Waals surface area contributed by atoms with Gasteiger partial charge in [-0.3, -0.25) is 4.98 Å². The number of nitrogens with zero attached hydrogens (tertiary/aromatic N) is 2. The van der Waals surface area contributed by atoms with Crippen LogP contribution in [0.5, 0.6) is 0 Å². The van der Waals surface area contributed by atoms with Crippen LogP contribution in [0.2, 0.25) is 0 Å². The molecule has 7 rings (SSSR count). The number of rotatable bonds is 2. The van der Waals surface area contributed by atoms with Crippen LogP contribution in [-0.2, 0) is 0 Å². The third kappa shape index (κ3) is 2.37. The van der Waals surface area contributed by atoms with E-state index in [0.717, 1.165) is 29.1 Å². The zero-order valence-corrected chi connectivity index (χ0v) is 15.7. The maximum atomic E-state index is 4.77. The molecule has 4 aliphatic carbocycles. The van der Waals surface area contributed by atoms with Crippen LogP contribution >= 0.6 is 0 Å². The third-order valence-electron chi connectivity index (χ3n) is 8.17. The molecule has 0 amide bonds. The van der Waals surface area contributed by atoms with E-state index in [0.29, 0.717) is 23.4 Å². The third-order valence-corrected chi connectivity index (χ3v) is 8.17. The molecular weight excluding hydrogens is 320 g/mol. The van der Waals surface area contributed by atoms with Gasteiger partial charge >= 0.3 is 0 Å². The minimum Gasteiger partial charge on any atom is -0.342 e. The molecule has 3 aliphatic heterocycles. The normalized spacial score (nSPS) is 44.7. The molecule has 4 saturated carbocycles. The summed E-state index contributed by atoms with van der Waals surface area (Å²) in [7, 11) is 0. The number of fused-ring (bicyclic) bond motifs is 1. The highest BCUT2D eigenvalue weighted by atomic mass is 15.0. The molecule has 0 aromatic rings. The second kappa shape index (κ2) is 5.54. The van der Waals surface area contributed by atoms with Gasteiger partial charge < -0.3 is 10.3 Å². The van der Waals surface area contributed by atoms with Crippen LogP contribution in [0.3, 0.4) is 0 Å². The van der Waals surface area contributed by atoms with Gasteiger partial charge in [-0.1, -0.05) is 0 Å². The van der Waals surface area contributed by atoms with Crippen molar-refractivity contribution < 1.29 is 0 Å². The molecule has 2 N–H and O–H groups in total. The number of aromatic nitrogens is 3. The van der Waals surface area contributed by atoms with E-state index < -0.39 is 0 Å². The summed E-state index contributed by atoms with van der Waals surface area (Å²) in [4.78, 5) is 12.7. The summed E-state index contributed by atoms with van der Waals surface area (Å²) in [5, 5.41) is 4.05. The number of hydrogen-bond donors (Lipinski definition) is 2. The summed E-state index contributed by atoms with van der Waals surface area (Å²) >= 11 is 0. The van der Waals surface area contributed by atoms with Crippen LogP contribution in [0, 0.1) is 23.2 Å². The minimum atomic E-state index is 0.545. The molecule has 3 heterocycles. The lowest BCUT2D eigenvalue weighted by atomic mass is 9.47. The van der Waals surface area contributed by atoms with Gasteiger partial charge in [0.05, 0.1) is 11.9 Å². The molecule has 7 aliphatic rings. The Hall–Kier alpha value is -1.42. The average Bonchev–Trinajstić information content (AvgIpc) is 3.08. The van der Waals surface area contributed by atoms with Crippen molar-refractivity contribution in [3.05, 3.63) is 24.3 Å². The fraction of sp³-hybridized carbons (Fsp3) is 0.727. The first-order valence-electron chi connectivity index (χ1n) is 10.7. The maximum Gasteiger partial charge on any atom is 0.109 e. The van der Waals surface area contributed by atoms with Crippen LogP contribution in [0.1, 0.15) is 70.0 Å². The van der Waals surface area contributed by atoms with Gasteiger partial charge in [0.25, 0.3) is 0 Å². The van der Waals surface area contributed by atoms with Crippen LogP contribution < -0.4 is 5.32 Å². The van der Waals surface area contributed by atoms with Crippen molar-refractivity contribution in [1.29, 1.82) is 0 Å². The molecule has 0 radical (unpaired) electrons. The number of H-pyrrole nitrogens is 1. The molecule has 0 aromatic heterocycles. The Balaban J connectivity index is 1.30. The molecule has 5 fully saturated rings. The first-order valence-corrected chi connectivity index (χ1v) is 10.7. The zero-order valence-electron chi connectivity index (χ0n) is 15.7. The van der Waals surface area contributed by atoms with Crippen molar-refractivity contribution in [3.8, 4) is 11.4 Å². The van der Waals surface area contributed by atoms with E-state index in [1.54, 1.807) is 0 Å². The number of nitrogens with one attached hydrogen (secondary N) is 2. The average molecular weight is 351 g/mol. The van der Waals surface area contributed by atoms with Gasteiger partial charge in [-0.2, -0.15) is 0 Å². The molecule has 4 bridgehead atoms. The molecule has 4 heteroatoms. The van der Waals surface area contributed by atoms with Gasteiger partial charge in [0.2, 0.25) is 0 Å². The van der Waals surface area contributed by atoms with Crippen LogP contribution in [0.15, 0.2) is 18.5 Å². The quantitative estimate of drug-likeness (QED) is 0.846. The highest BCUT2D eigenvalue weighted by Crippen LogP contribution is 2.62. The Morgan fingerprint density at radius 3 is 2.42 bits per heavy atom. The largest absolute Gasteiger partial charge is 0.342 e. The van der Waals surface area contributed by atoms with E-state index in [2.05, 4.69) is 28.3 Å². The van der Waals surface area contributed by atoms with Gasteiger partial charge in [0.1, 0.15) is 11.5 Å². The summed E-state index contributed by atoms with van der Waals surface area (Å²) in [6, 6.07) is 3.32. The fourth-order valence-corrected chi connectivity index (χ4v) is 7.61. The monoisotopic (exact) mass is 350 g/mol. The lowest BCUT2D eigenvalue weighted by molar-refractivity contribution is -0.0823. The van der Waals surface area contributed by atoms with E-state index >= 15 is 0 Å². The van der Waals surface area contributed by atoms with Crippen molar-refractivity contribution in [3.63, 3.8) is 0 Å². The first kappa shape index (κ1) is 15.6. The Kier molecular flexibility index (Phi) is 3.33. The molecule has 3 unspecified atom stereocenters. The van der Waals surface area contributed by atoms with E-state index in [9.17, 15) is 0 Å². The summed E-state index contributed by atoms with van der Waals surface area (Å²) in [6.45, 7) is 2.38. The van der Waals surface area contributed by atoms with Crippen LogP contribution in [-0.4, -0.2) is 27.0 Å². The standard InChI is InChI=1S/C22H30N4/c1-13-4-17(21-24-12-19-18(26-21)2-3-23-19)8-20(25-13)22-9-14-5-15(10-22)7-16(6-14)11-22/h2-3,12-17,20,25H,4-11H2,1H3,(H,24,26). The van der Waals surface area contributed by atoms with E-state index in [-0.39, 0.29) is 0 Å². The summed E-state index contributed by atoms with van der Waals surface area (Å²) < 4.78 is 0. The molecule has 138 valence electrons. The van der Waals surface area contributed by atoms with Gasteiger partial charge in [0, 0.05) is 24.2 Å². The molecule has 26 heavy (non-hydrogen) atoms. The Bertz CT molecular complexity index is 745. The number of hydrogen-bond acceptors (Lipinski definition) is 3. The molecule has 0 spiro atoms. The topological polar surface area (TPSA) is 53.6 Å². The number of piperidine rings is 1. The fourth-order valence-electron chi connectivity index (χ4n) is 7.61. The predicted octanol–water partition coefficient (Wildman–Crippen LogP) is 4.35. The lowest BCUT2D eigenvalue weighted by Crippen LogP contribution is -2.59. The van der Waals surface area contributed by atoms with Gasteiger partial charge in [-0.05, 0) is 87.5 Å². The van der Waals surface area contributed by atoms with E-state index in [1.807, 2.05) is 12.4 Å². The van der Waals surface area contributed by atoms with Gasteiger partial charge in [-0.15, -0.1) is 0 Å². The molecule has 0 aromatic carbocycles. The summed E-state index contributed by atoms with van der Waals surface area (Å²) in [6.07, 6.45) is 15.3. The van der Waals surface area contributed by atoms with Crippen LogP contribution in [0.4, 0.5) is 0 Å². The molecular formula is C22H30N4. The highest BCUT2D eigenvalue weighted by Gasteiger charge is 2.55. The Morgan fingerprint density at radius 1 is 0.962 bits per heavy atom. The van der Waals surface area contributed by atoms with Crippen molar-refractivity contribution in [2.75, 3.05) is 0 Å². The smallest absolute Gasteiger partial charge is 0.109 e. The van der Waals surface area contributed by atoms with Gasteiger partial charge in [-0.25, -0.2) is 4.98 Å². The van der Waals surface area contributed by atoms with Gasteiger partial charge in [0.15, 0.2) is 0 Å². The second-order valence-electron chi connectivity index (χ2n) is 10.1. The Labute approximate surface area is 155 Å². The lowest BCUT2D eigenvalue weighted by Gasteiger charge is -2.61. The maximum absolute atomic E-state index is 4.77. The molecule has 4 nitrogen and oxygen atoms in total. The van der Waals surface area contributed by atoms with Crippen molar-refractivity contribution in [2.24, 2.45) is 23.2 Å².